The van der Waals surface area contributed by atoms with E-state index in [1.165, 1.54) is 6.92 Å². The normalized spacial score (nSPS) is 19.0. The number of morpholine rings is 1. The van der Waals surface area contributed by atoms with Crippen LogP contribution in [0.15, 0.2) is 71.8 Å². The van der Waals surface area contributed by atoms with Crippen molar-refractivity contribution in [1.82, 2.24) is 0 Å². The fraction of sp³-hybridized carbons (Fsp3) is 0.259. The number of benzene rings is 3. The highest BCUT2D eigenvalue weighted by Crippen LogP contribution is 2.43. The quantitative estimate of drug-likeness (QED) is 0.493. The molecule has 8 nitrogen and oxygen atoms in total. The summed E-state index contributed by atoms with van der Waals surface area (Å²) in [5, 5.41) is 7.27. The lowest BCUT2D eigenvalue weighted by atomic mass is 10.1. The number of nitrogens with zero attached hydrogens (tertiary/aromatic N) is 4. The first kappa shape index (κ1) is 22.7. The zero-order valence-corrected chi connectivity index (χ0v) is 20.5. The molecule has 3 aliphatic rings. The van der Waals surface area contributed by atoms with Crippen LogP contribution >= 0.6 is 11.6 Å². The minimum atomic E-state index is -0.422. The minimum absolute atomic E-state index is 0.130. The van der Waals surface area contributed by atoms with E-state index in [4.69, 9.17) is 30.9 Å². The number of carbonyl (C=O) groups is 1. The van der Waals surface area contributed by atoms with E-state index < -0.39 is 6.17 Å². The number of halogens is 1. The van der Waals surface area contributed by atoms with Gasteiger partial charge in [-0.05, 0) is 60.7 Å². The summed E-state index contributed by atoms with van der Waals surface area (Å²) in [5.41, 5.74) is 3.71. The summed E-state index contributed by atoms with van der Waals surface area (Å²) in [5.74, 6) is 1.59. The van der Waals surface area contributed by atoms with Gasteiger partial charge in [-0.2, -0.15) is 0 Å². The number of carbonyl (C=O) groups excluding carboxylic acids is 1. The summed E-state index contributed by atoms with van der Waals surface area (Å²) >= 11 is 6.16. The van der Waals surface area contributed by atoms with Crippen LogP contribution in [-0.2, 0) is 9.53 Å². The van der Waals surface area contributed by atoms with E-state index in [0.717, 1.165) is 48.9 Å². The van der Waals surface area contributed by atoms with Gasteiger partial charge in [0, 0.05) is 42.0 Å². The molecule has 184 valence electrons. The van der Waals surface area contributed by atoms with Gasteiger partial charge in [0.25, 0.3) is 0 Å². The molecule has 0 radical (unpaired) electrons. The third-order valence-corrected chi connectivity index (χ3v) is 6.76. The maximum Gasteiger partial charge on any atom is 0.231 e. The van der Waals surface area contributed by atoms with E-state index in [0.29, 0.717) is 22.4 Å². The van der Waals surface area contributed by atoms with E-state index in [-0.39, 0.29) is 12.6 Å². The molecule has 3 aliphatic heterocycles. The maximum absolute atomic E-state index is 12.9. The molecule has 0 N–H and O–H groups in total. The van der Waals surface area contributed by atoms with Crippen molar-refractivity contribution < 1.29 is 19.0 Å². The average molecular weight is 505 g/mol. The maximum atomic E-state index is 12.9. The highest BCUT2D eigenvalue weighted by atomic mass is 35.5. The van der Waals surface area contributed by atoms with Gasteiger partial charge in [-0.15, -0.1) is 5.10 Å². The van der Waals surface area contributed by atoms with Crippen LogP contribution in [0, 0.1) is 0 Å². The average Bonchev–Trinajstić information content (AvgIpc) is 3.54. The van der Waals surface area contributed by atoms with Crippen LogP contribution in [0.25, 0.3) is 0 Å². The Balaban J connectivity index is 1.43. The third-order valence-electron chi connectivity index (χ3n) is 6.51. The Morgan fingerprint density at radius 2 is 1.56 bits per heavy atom. The second-order valence-corrected chi connectivity index (χ2v) is 9.21. The Morgan fingerprint density at radius 3 is 2.28 bits per heavy atom. The topological polar surface area (TPSA) is 66.8 Å². The van der Waals surface area contributed by atoms with Gasteiger partial charge in [0.2, 0.25) is 6.79 Å². The number of hydrogen-bond donors (Lipinski definition) is 0. The monoisotopic (exact) mass is 504 g/mol. The molecule has 0 bridgehead atoms. The van der Waals surface area contributed by atoms with E-state index in [1.54, 1.807) is 0 Å². The standard InChI is InChI=1S/C27H25ClN4O4/c1-18(33)26-29-32(23-5-3-20(28)4-6-23)27(19-2-11-24-25(16-19)36-17-35-24)31(26)22-9-7-21(8-10-22)30-12-14-34-15-13-30/h2-11,16,27H,12-15,17H2,1H3/t27-/m0/s1. The first-order valence-electron chi connectivity index (χ1n) is 11.8. The number of ketones is 1. The van der Waals surface area contributed by atoms with Crippen molar-refractivity contribution in [3.05, 3.63) is 77.3 Å². The molecular weight excluding hydrogens is 480 g/mol. The van der Waals surface area contributed by atoms with Crippen molar-refractivity contribution in [3.63, 3.8) is 0 Å². The zero-order chi connectivity index (χ0) is 24.6. The number of anilines is 3. The number of fused-ring (bicyclic) bond motifs is 1. The first-order chi connectivity index (χ1) is 17.6. The summed E-state index contributed by atoms with van der Waals surface area (Å²) < 4.78 is 16.7. The van der Waals surface area contributed by atoms with Gasteiger partial charge in [-0.25, -0.2) is 5.01 Å². The number of amidine groups is 1. The van der Waals surface area contributed by atoms with Crippen molar-refractivity contribution >= 4 is 40.3 Å². The van der Waals surface area contributed by atoms with E-state index >= 15 is 0 Å². The summed E-state index contributed by atoms with van der Waals surface area (Å²) in [4.78, 5) is 17.1. The van der Waals surface area contributed by atoms with Crippen LogP contribution in [-0.4, -0.2) is 44.7 Å². The van der Waals surface area contributed by atoms with Gasteiger partial charge in [-0.3, -0.25) is 9.69 Å². The largest absolute Gasteiger partial charge is 0.454 e. The minimum Gasteiger partial charge on any atom is -0.454 e. The molecule has 0 amide bonds. The van der Waals surface area contributed by atoms with Crippen LogP contribution < -0.4 is 24.3 Å². The second-order valence-electron chi connectivity index (χ2n) is 8.77. The fourth-order valence-electron chi connectivity index (χ4n) is 4.74. The van der Waals surface area contributed by atoms with Crippen molar-refractivity contribution in [1.29, 1.82) is 0 Å². The van der Waals surface area contributed by atoms with Gasteiger partial charge in [0.15, 0.2) is 29.3 Å². The fourth-order valence-corrected chi connectivity index (χ4v) is 4.86. The molecule has 0 unspecified atom stereocenters. The molecule has 3 heterocycles. The van der Waals surface area contributed by atoms with Gasteiger partial charge >= 0.3 is 0 Å². The van der Waals surface area contributed by atoms with Gasteiger partial charge in [0.05, 0.1) is 18.9 Å². The van der Waals surface area contributed by atoms with Gasteiger partial charge < -0.3 is 19.1 Å². The lowest BCUT2D eigenvalue weighted by Crippen LogP contribution is -2.38. The summed E-state index contributed by atoms with van der Waals surface area (Å²) in [7, 11) is 0. The summed E-state index contributed by atoms with van der Waals surface area (Å²) in [6.45, 7) is 4.87. The second kappa shape index (κ2) is 9.37. The van der Waals surface area contributed by atoms with Crippen LogP contribution in [0.5, 0.6) is 11.5 Å². The molecule has 0 aliphatic carbocycles. The van der Waals surface area contributed by atoms with E-state index in [2.05, 4.69) is 17.0 Å². The SMILES string of the molecule is CC(=O)C1=NN(c2ccc(Cl)cc2)[C@@H](c2ccc3c(c2)OCO3)N1c1ccc(N2CCOCC2)cc1. The summed E-state index contributed by atoms with van der Waals surface area (Å²) in [6.07, 6.45) is -0.422. The zero-order valence-electron chi connectivity index (χ0n) is 19.8. The number of rotatable bonds is 5. The predicted octanol–water partition coefficient (Wildman–Crippen LogP) is 4.83. The van der Waals surface area contributed by atoms with E-state index in [1.807, 2.05) is 64.5 Å². The lowest BCUT2D eigenvalue weighted by Gasteiger charge is -2.33. The molecular formula is C27H25ClN4O4. The molecule has 3 aromatic carbocycles. The highest BCUT2D eigenvalue weighted by Gasteiger charge is 2.40. The Labute approximate surface area is 214 Å². The van der Waals surface area contributed by atoms with Crippen molar-refractivity contribution in [2.75, 3.05) is 47.9 Å². The van der Waals surface area contributed by atoms with Gasteiger partial charge in [-0.1, -0.05) is 17.7 Å². The third kappa shape index (κ3) is 4.12. The number of hydrazone groups is 1. The molecule has 0 aromatic heterocycles. The van der Waals surface area contributed by atoms with Crippen LogP contribution in [0.1, 0.15) is 18.7 Å². The Kier molecular flexibility index (Phi) is 5.91. The van der Waals surface area contributed by atoms with Crippen LogP contribution in [0.4, 0.5) is 17.1 Å². The lowest BCUT2D eigenvalue weighted by molar-refractivity contribution is -0.111. The smallest absolute Gasteiger partial charge is 0.231 e. The predicted molar refractivity (Wildman–Crippen MR) is 139 cm³/mol. The van der Waals surface area contributed by atoms with E-state index in [9.17, 15) is 4.79 Å². The molecule has 1 atom stereocenters. The van der Waals surface area contributed by atoms with Crippen LogP contribution in [0.3, 0.4) is 0 Å². The summed E-state index contributed by atoms with van der Waals surface area (Å²) in [6, 6.07) is 21.5. The highest BCUT2D eigenvalue weighted by molar-refractivity contribution is 6.44. The van der Waals surface area contributed by atoms with Gasteiger partial charge in [0.1, 0.15) is 0 Å². The van der Waals surface area contributed by atoms with Crippen molar-refractivity contribution in [2.45, 2.75) is 13.1 Å². The molecule has 1 fully saturated rings. The molecule has 3 aromatic rings. The van der Waals surface area contributed by atoms with Crippen molar-refractivity contribution in [2.24, 2.45) is 5.10 Å². The number of Topliss-reactive ketones (excluding diaryl/α,β-unsaturated/α-hetero) is 1. The number of hydrogen-bond acceptors (Lipinski definition) is 8. The molecule has 1 saturated heterocycles. The molecule has 36 heavy (non-hydrogen) atoms. The Morgan fingerprint density at radius 1 is 0.889 bits per heavy atom. The van der Waals surface area contributed by atoms with Crippen LogP contribution in [0.2, 0.25) is 5.02 Å². The number of ether oxygens (including phenoxy) is 3. The molecule has 9 heteroatoms. The molecule has 0 saturated carbocycles. The van der Waals surface area contributed by atoms with Crippen molar-refractivity contribution in [3.8, 4) is 11.5 Å². The molecule has 6 rings (SSSR count). The first-order valence-corrected chi connectivity index (χ1v) is 12.2. The molecule has 0 spiro atoms. The Bertz CT molecular complexity index is 1310. The Hall–Kier alpha value is -3.75.